The topological polar surface area (TPSA) is 55.4 Å². The van der Waals surface area contributed by atoms with Crippen molar-refractivity contribution in [3.63, 3.8) is 0 Å². The van der Waals surface area contributed by atoms with Gasteiger partial charge in [0, 0.05) is 6.54 Å². The Morgan fingerprint density at radius 3 is 2.00 bits per heavy atom. The molecular formula is C22H19NO3S. The molecule has 4 aromatic carbocycles. The number of nitrogens with one attached hydrogen (secondary N) is 1. The van der Waals surface area contributed by atoms with E-state index in [-0.39, 0.29) is 18.0 Å². The average Bonchev–Trinajstić information content (AvgIpc) is 2.71. The molecular weight excluding hydrogens is 358 g/mol. The summed E-state index contributed by atoms with van der Waals surface area (Å²) in [5.41, 5.74) is 0. The van der Waals surface area contributed by atoms with Crippen molar-refractivity contribution in [3.8, 4) is 5.75 Å². The molecule has 136 valence electrons. The highest BCUT2D eigenvalue weighted by molar-refractivity contribution is 7.89. The SMILES string of the molecule is O=S(=O)(NCCOc1ccc2ccccc2c1)c1ccc2ccccc2c1. The van der Waals surface area contributed by atoms with Gasteiger partial charge < -0.3 is 4.74 Å². The second-order valence-corrected chi connectivity index (χ2v) is 8.03. The Labute approximate surface area is 158 Å². The van der Waals surface area contributed by atoms with E-state index in [0.29, 0.717) is 0 Å². The van der Waals surface area contributed by atoms with Crippen LogP contribution in [0.5, 0.6) is 5.75 Å². The lowest BCUT2D eigenvalue weighted by Gasteiger charge is -2.10. The normalized spacial score (nSPS) is 11.7. The van der Waals surface area contributed by atoms with Gasteiger partial charge in [0.2, 0.25) is 10.0 Å². The lowest BCUT2D eigenvalue weighted by Crippen LogP contribution is -2.28. The summed E-state index contributed by atoms with van der Waals surface area (Å²) in [6.45, 7) is 0.452. The molecule has 0 atom stereocenters. The minimum atomic E-state index is -3.57. The third-order valence-electron chi connectivity index (χ3n) is 4.42. The Morgan fingerprint density at radius 2 is 1.30 bits per heavy atom. The Kier molecular flexibility index (Phi) is 4.79. The summed E-state index contributed by atoms with van der Waals surface area (Å²) in [5.74, 6) is 0.721. The maximum absolute atomic E-state index is 12.5. The van der Waals surface area contributed by atoms with Gasteiger partial charge in [0.1, 0.15) is 12.4 Å². The van der Waals surface area contributed by atoms with Crippen LogP contribution in [0.4, 0.5) is 0 Å². The van der Waals surface area contributed by atoms with Crippen molar-refractivity contribution in [3.05, 3.63) is 84.9 Å². The van der Waals surface area contributed by atoms with Gasteiger partial charge in [-0.25, -0.2) is 13.1 Å². The monoisotopic (exact) mass is 377 g/mol. The summed E-state index contributed by atoms with van der Waals surface area (Å²) < 4.78 is 33.3. The van der Waals surface area contributed by atoms with Crippen molar-refractivity contribution >= 4 is 31.6 Å². The third kappa shape index (κ3) is 3.94. The van der Waals surface area contributed by atoms with Crippen LogP contribution in [0, 0.1) is 0 Å². The molecule has 5 heteroatoms. The molecule has 0 heterocycles. The first kappa shape index (κ1) is 17.5. The first-order chi connectivity index (χ1) is 13.1. The molecule has 0 unspecified atom stereocenters. The summed E-state index contributed by atoms with van der Waals surface area (Å²) >= 11 is 0. The van der Waals surface area contributed by atoms with Gasteiger partial charge in [0.15, 0.2) is 0 Å². The quantitative estimate of drug-likeness (QED) is 0.508. The van der Waals surface area contributed by atoms with Gasteiger partial charge >= 0.3 is 0 Å². The highest BCUT2D eigenvalue weighted by Gasteiger charge is 2.13. The summed E-state index contributed by atoms with van der Waals surface area (Å²) in [6, 6.07) is 26.6. The van der Waals surface area contributed by atoms with E-state index >= 15 is 0 Å². The standard InChI is InChI=1S/C22H19NO3S/c24-27(25,22-12-10-18-6-2-4-8-20(18)16-22)23-13-14-26-21-11-9-17-5-1-3-7-19(17)15-21/h1-12,15-16,23H,13-14H2. The number of benzene rings is 4. The van der Waals surface area contributed by atoms with Crippen molar-refractivity contribution in [2.24, 2.45) is 0 Å². The molecule has 4 aromatic rings. The second-order valence-electron chi connectivity index (χ2n) is 6.26. The molecule has 4 nitrogen and oxygen atoms in total. The van der Waals surface area contributed by atoms with Crippen LogP contribution in [0.1, 0.15) is 0 Å². The number of ether oxygens (including phenoxy) is 1. The van der Waals surface area contributed by atoms with E-state index in [0.717, 1.165) is 27.3 Å². The van der Waals surface area contributed by atoms with Crippen molar-refractivity contribution in [1.82, 2.24) is 4.72 Å². The molecule has 0 spiro atoms. The number of hydrogen-bond acceptors (Lipinski definition) is 3. The zero-order valence-electron chi connectivity index (χ0n) is 14.6. The summed E-state index contributed by atoms with van der Waals surface area (Å²) in [7, 11) is -3.57. The van der Waals surface area contributed by atoms with Gasteiger partial charge in [0.25, 0.3) is 0 Å². The van der Waals surface area contributed by atoms with Crippen LogP contribution in [0.15, 0.2) is 89.8 Å². The Morgan fingerprint density at radius 1 is 0.704 bits per heavy atom. The lowest BCUT2D eigenvalue weighted by molar-refractivity contribution is 0.323. The van der Waals surface area contributed by atoms with Crippen molar-refractivity contribution in [2.75, 3.05) is 13.2 Å². The molecule has 0 aliphatic heterocycles. The van der Waals surface area contributed by atoms with Crippen LogP contribution in [-0.4, -0.2) is 21.6 Å². The Bertz CT molecular complexity index is 1200. The van der Waals surface area contributed by atoms with E-state index in [2.05, 4.69) is 4.72 Å². The minimum Gasteiger partial charge on any atom is -0.492 e. The molecule has 0 amide bonds. The van der Waals surface area contributed by atoms with Crippen LogP contribution in [-0.2, 0) is 10.0 Å². The number of sulfonamides is 1. The molecule has 0 saturated heterocycles. The predicted octanol–water partition coefficient (Wildman–Crippen LogP) is 4.35. The van der Waals surface area contributed by atoms with Gasteiger partial charge in [-0.1, -0.05) is 60.7 Å². The van der Waals surface area contributed by atoms with Crippen LogP contribution in [0.3, 0.4) is 0 Å². The smallest absolute Gasteiger partial charge is 0.240 e. The van der Waals surface area contributed by atoms with Crippen molar-refractivity contribution < 1.29 is 13.2 Å². The first-order valence-corrected chi connectivity index (χ1v) is 10.2. The highest BCUT2D eigenvalue weighted by atomic mass is 32.2. The van der Waals surface area contributed by atoms with E-state index in [1.165, 1.54) is 0 Å². The zero-order chi connectivity index (χ0) is 18.7. The fourth-order valence-corrected chi connectivity index (χ4v) is 4.07. The molecule has 0 bridgehead atoms. The highest BCUT2D eigenvalue weighted by Crippen LogP contribution is 2.21. The van der Waals surface area contributed by atoms with Gasteiger partial charge in [-0.2, -0.15) is 0 Å². The molecule has 0 saturated carbocycles. The number of rotatable bonds is 6. The maximum Gasteiger partial charge on any atom is 0.240 e. The predicted molar refractivity (Wildman–Crippen MR) is 109 cm³/mol. The molecule has 0 aliphatic carbocycles. The average molecular weight is 377 g/mol. The van der Waals surface area contributed by atoms with E-state index in [1.54, 1.807) is 12.1 Å². The third-order valence-corrected chi connectivity index (χ3v) is 5.87. The largest absolute Gasteiger partial charge is 0.492 e. The maximum atomic E-state index is 12.5. The summed E-state index contributed by atoms with van der Waals surface area (Å²) in [4.78, 5) is 0.256. The molecule has 4 rings (SSSR count). The molecule has 0 aliphatic rings. The van der Waals surface area contributed by atoms with Crippen LogP contribution in [0.2, 0.25) is 0 Å². The van der Waals surface area contributed by atoms with Crippen LogP contribution < -0.4 is 9.46 Å². The van der Waals surface area contributed by atoms with Gasteiger partial charge in [-0.15, -0.1) is 0 Å². The Hall–Kier alpha value is -2.89. The van der Waals surface area contributed by atoms with Crippen molar-refractivity contribution in [1.29, 1.82) is 0 Å². The van der Waals surface area contributed by atoms with Crippen molar-refractivity contribution in [2.45, 2.75) is 4.90 Å². The molecule has 1 N–H and O–H groups in total. The van der Waals surface area contributed by atoms with Gasteiger partial charge in [-0.05, 0) is 45.8 Å². The Balaban J connectivity index is 1.39. The summed E-state index contributed by atoms with van der Waals surface area (Å²) in [5, 5.41) is 4.14. The first-order valence-electron chi connectivity index (χ1n) is 8.72. The van der Waals surface area contributed by atoms with Crippen LogP contribution >= 0.6 is 0 Å². The fraction of sp³-hybridized carbons (Fsp3) is 0.0909. The van der Waals surface area contributed by atoms with E-state index < -0.39 is 10.0 Å². The minimum absolute atomic E-state index is 0.196. The zero-order valence-corrected chi connectivity index (χ0v) is 15.4. The lowest BCUT2D eigenvalue weighted by atomic mass is 10.1. The molecule has 27 heavy (non-hydrogen) atoms. The van der Waals surface area contributed by atoms with Gasteiger partial charge in [-0.3, -0.25) is 0 Å². The number of hydrogen-bond donors (Lipinski definition) is 1. The second kappa shape index (κ2) is 7.39. The molecule has 0 radical (unpaired) electrons. The fourth-order valence-electron chi connectivity index (χ4n) is 3.02. The number of fused-ring (bicyclic) bond motifs is 2. The molecule has 0 aromatic heterocycles. The van der Waals surface area contributed by atoms with Crippen LogP contribution in [0.25, 0.3) is 21.5 Å². The van der Waals surface area contributed by atoms with E-state index in [9.17, 15) is 8.42 Å². The molecule has 0 fully saturated rings. The van der Waals surface area contributed by atoms with Gasteiger partial charge in [0.05, 0.1) is 4.90 Å². The van der Waals surface area contributed by atoms with E-state index in [1.807, 2.05) is 72.8 Å². The van der Waals surface area contributed by atoms with E-state index in [4.69, 9.17) is 4.74 Å². The summed E-state index contributed by atoms with van der Waals surface area (Å²) in [6.07, 6.45) is 0.